The van der Waals surface area contributed by atoms with E-state index in [1.165, 1.54) is 15.6 Å². The molecule has 1 aromatic carbocycles. The average Bonchev–Trinajstić information content (AvgIpc) is 3.01. The van der Waals surface area contributed by atoms with Crippen molar-refractivity contribution in [2.24, 2.45) is 0 Å². The molecule has 0 aliphatic rings. The molecule has 0 saturated carbocycles. The van der Waals surface area contributed by atoms with E-state index < -0.39 is 11.0 Å². The molecule has 0 radical (unpaired) electrons. The first-order chi connectivity index (χ1) is 11.5. The quantitative estimate of drug-likeness (QED) is 0.548. The van der Waals surface area contributed by atoms with E-state index in [0.29, 0.717) is 11.1 Å². The molecule has 2 heterocycles. The Hall–Kier alpha value is -3.07. The third-order valence-electron chi connectivity index (χ3n) is 3.66. The van der Waals surface area contributed by atoms with Crippen LogP contribution in [0.4, 0.5) is 5.69 Å². The van der Waals surface area contributed by atoms with E-state index >= 15 is 0 Å². The highest BCUT2D eigenvalue weighted by atomic mass is 16.6. The maximum absolute atomic E-state index is 12.4. The Morgan fingerprint density at radius 2 is 2.00 bits per heavy atom. The first-order valence-corrected chi connectivity index (χ1v) is 7.27. The molecule has 3 aromatic rings. The van der Waals surface area contributed by atoms with Crippen LogP contribution < -0.4 is 5.56 Å². The van der Waals surface area contributed by atoms with Gasteiger partial charge in [-0.15, -0.1) is 0 Å². The molecular weight excluding hydrogens is 314 g/mol. The number of hydrogen-bond acceptors (Lipinski definition) is 6. The number of benzene rings is 1. The van der Waals surface area contributed by atoms with Gasteiger partial charge in [0, 0.05) is 5.39 Å². The highest BCUT2D eigenvalue weighted by Gasteiger charge is 2.15. The van der Waals surface area contributed by atoms with E-state index in [1.807, 2.05) is 12.1 Å². The average molecular weight is 329 g/mol. The lowest BCUT2D eigenvalue weighted by atomic mass is 10.1. The van der Waals surface area contributed by atoms with Crippen molar-refractivity contribution in [1.82, 2.24) is 19.6 Å². The molecule has 9 heteroatoms. The second kappa shape index (κ2) is 6.20. The van der Waals surface area contributed by atoms with Crippen molar-refractivity contribution < 1.29 is 10.0 Å². The predicted octanol–water partition coefficient (Wildman–Crippen LogP) is 0.871. The lowest BCUT2D eigenvalue weighted by Gasteiger charge is -2.13. The minimum Gasteiger partial charge on any atom is -0.389 e. The molecule has 0 saturated heterocycles. The van der Waals surface area contributed by atoms with Crippen LogP contribution in [-0.2, 0) is 13.1 Å². The van der Waals surface area contributed by atoms with E-state index in [4.69, 9.17) is 0 Å². The third-order valence-corrected chi connectivity index (χ3v) is 3.66. The molecule has 0 spiro atoms. The van der Waals surface area contributed by atoms with Gasteiger partial charge in [0.15, 0.2) is 0 Å². The van der Waals surface area contributed by atoms with E-state index in [9.17, 15) is 20.0 Å². The fourth-order valence-corrected chi connectivity index (χ4v) is 2.55. The number of nitrogens with zero attached hydrogens (tertiary/aromatic N) is 5. The molecule has 3 rings (SSSR count). The maximum Gasteiger partial charge on any atom is 0.306 e. The van der Waals surface area contributed by atoms with Crippen LogP contribution in [0.25, 0.3) is 10.8 Å². The Morgan fingerprint density at radius 3 is 2.67 bits per heavy atom. The van der Waals surface area contributed by atoms with Crippen molar-refractivity contribution in [3.05, 3.63) is 62.8 Å². The van der Waals surface area contributed by atoms with Gasteiger partial charge in [0.1, 0.15) is 12.4 Å². The molecule has 1 atom stereocenters. The van der Waals surface area contributed by atoms with E-state index in [1.54, 1.807) is 19.1 Å². The minimum atomic E-state index is -0.963. The summed E-state index contributed by atoms with van der Waals surface area (Å²) >= 11 is 0. The number of aliphatic hydroxyl groups is 1. The van der Waals surface area contributed by atoms with Crippen LogP contribution in [-0.4, -0.2) is 35.7 Å². The first-order valence-electron chi connectivity index (χ1n) is 7.27. The Kier molecular flexibility index (Phi) is 4.09. The van der Waals surface area contributed by atoms with Crippen LogP contribution in [0.1, 0.15) is 5.69 Å². The highest BCUT2D eigenvalue weighted by Crippen LogP contribution is 2.12. The summed E-state index contributed by atoms with van der Waals surface area (Å²) in [6, 6.07) is 7.14. The van der Waals surface area contributed by atoms with Crippen molar-refractivity contribution in [2.75, 3.05) is 0 Å². The van der Waals surface area contributed by atoms with Gasteiger partial charge >= 0.3 is 5.69 Å². The number of hydrogen-bond donors (Lipinski definition) is 1. The number of rotatable bonds is 5. The second-order valence-corrected chi connectivity index (χ2v) is 5.45. The molecule has 0 bridgehead atoms. The number of aryl methyl sites for hydroxylation is 1. The summed E-state index contributed by atoms with van der Waals surface area (Å²) in [5, 5.41) is 30.1. The van der Waals surface area contributed by atoms with Gasteiger partial charge in [-0.05, 0) is 13.0 Å². The molecule has 2 aromatic heterocycles. The van der Waals surface area contributed by atoms with Gasteiger partial charge in [-0.25, -0.2) is 4.68 Å². The summed E-state index contributed by atoms with van der Waals surface area (Å²) in [5.74, 6) is 0. The number of fused-ring (bicyclic) bond motifs is 1. The molecule has 1 unspecified atom stereocenters. The molecule has 0 fully saturated rings. The predicted molar refractivity (Wildman–Crippen MR) is 85.6 cm³/mol. The fraction of sp³-hybridized carbons (Fsp3) is 0.267. The molecular formula is C15H15N5O4. The van der Waals surface area contributed by atoms with Gasteiger partial charge in [0.2, 0.25) is 0 Å². The highest BCUT2D eigenvalue weighted by molar-refractivity contribution is 5.83. The van der Waals surface area contributed by atoms with Crippen LogP contribution in [0.5, 0.6) is 0 Å². The van der Waals surface area contributed by atoms with Crippen molar-refractivity contribution in [2.45, 2.75) is 26.1 Å². The largest absolute Gasteiger partial charge is 0.389 e. The fourth-order valence-electron chi connectivity index (χ4n) is 2.55. The first kappa shape index (κ1) is 15.8. The Bertz CT molecular complexity index is 962. The molecule has 124 valence electrons. The topological polar surface area (TPSA) is 116 Å². The van der Waals surface area contributed by atoms with Crippen molar-refractivity contribution in [1.29, 1.82) is 0 Å². The smallest absolute Gasteiger partial charge is 0.306 e. The standard InChI is InChI=1S/C15H15N5O4/c1-10-13-4-2-3-5-14(13)15(22)19(17-10)9-12(21)8-18-7-11(6-16-18)20(23)24/h2-7,12,21H,8-9H2,1H3. The normalized spacial score (nSPS) is 12.4. The number of aromatic nitrogens is 4. The van der Waals surface area contributed by atoms with Crippen LogP contribution in [0.3, 0.4) is 0 Å². The summed E-state index contributed by atoms with van der Waals surface area (Å²) < 4.78 is 2.47. The Labute approximate surface area is 135 Å². The van der Waals surface area contributed by atoms with Crippen LogP contribution in [0.15, 0.2) is 41.5 Å². The van der Waals surface area contributed by atoms with Gasteiger partial charge in [-0.1, -0.05) is 18.2 Å². The molecule has 0 amide bonds. The summed E-state index contributed by atoms with van der Waals surface area (Å²) in [5.41, 5.74) is 0.243. The lowest BCUT2D eigenvalue weighted by molar-refractivity contribution is -0.385. The maximum atomic E-state index is 12.4. The zero-order chi connectivity index (χ0) is 17.3. The molecule has 0 aliphatic heterocycles. The Morgan fingerprint density at radius 1 is 1.29 bits per heavy atom. The van der Waals surface area contributed by atoms with E-state index in [-0.39, 0.29) is 24.3 Å². The SMILES string of the molecule is Cc1nn(CC(O)Cn2cc([N+](=O)[O-])cn2)c(=O)c2ccccc12. The molecule has 9 nitrogen and oxygen atoms in total. The van der Waals surface area contributed by atoms with Crippen molar-refractivity contribution >= 4 is 16.5 Å². The monoisotopic (exact) mass is 329 g/mol. The minimum absolute atomic E-state index is 0.0217. The lowest BCUT2D eigenvalue weighted by Crippen LogP contribution is -2.31. The van der Waals surface area contributed by atoms with Gasteiger partial charge in [0.25, 0.3) is 5.56 Å². The summed E-state index contributed by atoms with van der Waals surface area (Å²) in [6.45, 7) is 1.79. The van der Waals surface area contributed by atoms with E-state index in [2.05, 4.69) is 10.2 Å². The molecule has 0 aliphatic carbocycles. The zero-order valence-corrected chi connectivity index (χ0v) is 12.9. The molecule has 1 N–H and O–H groups in total. The van der Waals surface area contributed by atoms with Crippen LogP contribution in [0, 0.1) is 17.0 Å². The summed E-state index contributed by atoms with van der Waals surface area (Å²) in [6.07, 6.45) is 1.37. The number of nitro groups is 1. The van der Waals surface area contributed by atoms with Crippen LogP contribution >= 0.6 is 0 Å². The Balaban J connectivity index is 1.82. The third kappa shape index (κ3) is 3.01. The number of aliphatic hydroxyl groups excluding tert-OH is 1. The molecule has 24 heavy (non-hydrogen) atoms. The van der Waals surface area contributed by atoms with Gasteiger partial charge in [-0.2, -0.15) is 10.2 Å². The van der Waals surface area contributed by atoms with Crippen LogP contribution in [0.2, 0.25) is 0 Å². The zero-order valence-electron chi connectivity index (χ0n) is 12.9. The van der Waals surface area contributed by atoms with Gasteiger partial charge < -0.3 is 5.11 Å². The summed E-state index contributed by atoms with van der Waals surface area (Å²) in [4.78, 5) is 22.5. The second-order valence-electron chi connectivity index (χ2n) is 5.45. The van der Waals surface area contributed by atoms with Crippen molar-refractivity contribution in [3.8, 4) is 0 Å². The van der Waals surface area contributed by atoms with Gasteiger partial charge in [-0.3, -0.25) is 19.6 Å². The van der Waals surface area contributed by atoms with Gasteiger partial charge in [0.05, 0.1) is 35.2 Å². The van der Waals surface area contributed by atoms with Crippen molar-refractivity contribution in [3.63, 3.8) is 0 Å². The summed E-state index contributed by atoms with van der Waals surface area (Å²) in [7, 11) is 0. The van der Waals surface area contributed by atoms with E-state index in [0.717, 1.165) is 11.6 Å².